The molecule has 2 aromatic heterocycles. The number of carbonyl (C=O) groups is 1. The molecular weight excluding hydrogens is 320 g/mol. The molecule has 25 heavy (non-hydrogen) atoms. The summed E-state index contributed by atoms with van der Waals surface area (Å²) in [5, 5.41) is 2.99. The number of carbonyl (C=O) groups excluding carboxylic acids is 1. The highest BCUT2D eigenvalue weighted by molar-refractivity contribution is 5.93. The van der Waals surface area contributed by atoms with E-state index in [9.17, 15) is 4.79 Å². The Morgan fingerprint density at radius 3 is 2.84 bits per heavy atom. The zero-order valence-corrected chi connectivity index (χ0v) is 15.0. The van der Waals surface area contributed by atoms with Gasteiger partial charge in [0.25, 0.3) is 5.91 Å². The van der Waals surface area contributed by atoms with Crippen LogP contribution in [0, 0.1) is 20.8 Å². The van der Waals surface area contributed by atoms with Gasteiger partial charge in [-0.1, -0.05) is 0 Å². The molecule has 2 aromatic rings. The van der Waals surface area contributed by atoms with E-state index >= 15 is 0 Å². The van der Waals surface area contributed by atoms with Crippen LogP contribution in [0.4, 0.5) is 5.82 Å². The Labute approximate surface area is 147 Å². The van der Waals surface area contributed by atoms with Crippen molar-refractivity contribution >= 4 is 11.7 Å². The van der Waals surface area contributed by atoms with Gasteiger partial charge in [0, 0.05) is 37.7 Å². The molecule has 3 heterocycles. The van der Waals surface area contributed by atoms with Gasteiger partial charge in [0.15, 0.2) is 0 Å². The summed E-state index contributed by atoms with van der Waals surface area (Å²) in [4.78, 5) is 30.4. The second kappa shape index (κ2) is 7.18. The number of aromatic amines is 1. The van der Waals surface area contributed by atoms with Crippen LogP contribution in [-0.4, -0.2) is 58.2 Å². The van der Waals surface area contributed by atoms with Crippen LogP contribution in [-0.2, 0) is 4.74 Å². The topological polar surface area (TPSA) is 96.0 Å². The third-order valence-electron chi connectivity index (χ3n) is 4.51. The van der Waals surface area contributed by atoms with Gasteiger partial charge in [-0.3, -0.25) is 4.79 Å². The Balaban J connectivity index is 1.70. The van der Waals surface area contributed by atoms with E-state index in [0.29, 0.717) is 12.2 Å². The van der Waals surface area contributed by atoms with Crippen molar-refractivity contribution < 1.29 is 9.53 Å². The molecule has 2 N–H and O–H groups in total. The van der Waals surface area contributed by atoms with Crippen LogP contribution in [0.25, 0.3) is 0 Å². The largest absolute Gasteiger partial charge is 0.380 e. The van der Waals surface area contributed by atoms with Crippen LogP contribution in [0.1, 0.15) is 34.1 Å². The van der Waals surface area contributed by atoms with Gasteiger partial charge in [-0.2, -0.15) is 0 Å². The highest BCUT2D eigenvalue weighted by atomic mass is 16.5. The quantitative estimate of drug-likeness (QED) is 0.845. The van der Waals surface area contributed by atoms with Gasteiger partial charge in [0.1, 0.15) is 23.7 Å². The minimum Gasteiger partial charge on any atom is -0.380 e. The molecule has 1 fully saturated rings. The van der Waals surface area contributed by atoms with Crippen molar-refractivity contribution in [3.8, 4) is 0 Å². The fourth-order valence-electron chi connectivity index (χ4n) is 3.24. The van der Waals surface area contributed by atoms with Gasteiger partial charge in [0.2, 0.25) is 0 Å². The maximum absolute atomic E-state index is 12.4. The fraction of sp³-hybridized carbons (Fsp3) is 0.529. The molecule has 1 amide bonds. The summed E-state index contributed by atoms with van der Waals surface area (Å²) >= 11 is 0. The summed E-state index contributed by atoms with van der Waals surface area (Å²) in [7, 11) is 1.71. The van der Waals surface area contributed by atoms with Crippen LogP contribution < -0.4 is 10.2 Å². The van der Waals surface area contributed by atoms with Crippen molar-refractivity contribution in [1.29, 1.82) is 0 Å². The molecule has 3 rings (SSSR count). The lowest BCUT2D eigenvalue weighted by Gasteiger charge is -2.25. The Kier molecular flexibility index (Phi) is 4.98. The molecule has 2 atom stereocenters. The maximum atomic E-state index is 12.4. The van der Waals surface area contributed by atoms with Crippen molar-refractivity contribution in [2.24, 2.45) is 0 Å². The minimum absolute atomic E-state index is 0.114. The number of aryl methyl sites for hydroxylation is 3. The average molecular weight is 344 g/mol. The minimum atomic E-state index is -0.165. The summed E-state index contributed by atoms with van der Waals surface area (Å²) in [6.45, 7) is 6.88. The average Bonchev–Trinajstić information content (AvgIpc) is 3.15. The van der Waals surface area contributed by atoms with Crippen molar-refractivity contribution in [3.05, 3.63) is 35.3 Å². The Morgan fingerprint density at radius 1 is 1.40 bits per heavy atom. The molecule has 8 heteroatoms. The van der Waals surface area contributed by atoms with E-state index in [-0.39, 0.29) is 18.1 Å². The van der Waals surface area contributed by atoms with Crippen molar-refractivity contribution in [2.75, 3.05) is 25.1 Å². The number of nitrogens with one attached hydrogen (secondary N) is 2. The number of hydrogen-bond donors (Lipinski definition) is 2. The normalized spacial score (nSPS) is 20.1. The van der Waals surface area contributed by atoms with Gasteiger partial charge in [-0.25, -0.2) is 15.0 Å². The second-order valence-corrected chi connectivity index (χ2v) is 6.42. The van der Waals surface area contributed by atoms with Gasteiger partial charge in [-0.15, -0.1) is 0 Å². The highest BCUT2D eigenvalue weighted by Gasteiger charge is 2.33. The molecule has 0 bridgehead atoms. The van der Waals surface area contributed by atoms with E-state index in [0.717, 1.165) is 36.0 Å². The van der Waals surface area contributed by atoms with Crippen molar-refractivity contribution in [3.63, 3.8) is 0 Å². The van der Waals surface area contributed by atoms with Crippen LogP contribution in [0.15, 0.2) is 12.4 Å². The standard InChI is InChI=1S/C17H24N6O2/c1-10-5-15(20-9-19-10)23-8-14(25-4)6-13(23)7-18-17(24)16-11(2)21-12(3)22-16/h5,9,13-14H,6-8H2,1-4H3,(H,18,24)(H,21,22)/t13-,14-/m0/s1. The Hall–Kier alpha value is -2.48. The highest BCUT2D eigenvalue weighted by Crippen LogP contribution is 2.25. The molecule has 8 nitrogen and oxygen atoms in total. The van der Waals surface area contributed by atoms with Crippen molar-refractivity contribution in [1.82, 2.24) is 25.3 Å². The first-order chi connectivity index (χ1) is 12.0. The van der Waals surface area contributed by atoms with Crippen LogP contribution in [0.2, 0.25) is 0 Å². The first-order valence-corrected chi connectivity index (χ1v) is 8.37. The number of aromatic nitrogens is 4. The van der Waals surface area contributed by atoms with Crippen molar-refractivity contribution in [2.45, 2.75) is 39.3 Å². The first kappa shape index (κ1) is 17.3. The summed E-state index contributed by atoms with van der Waals surface area (Å²) in [5.41, 5.74) is 2.14. The van der Waals surface area contributed by atoms with E-state index in [1.54, 1.807) is 13.4 Å². The van der Waals surface area contributed by atoms with E-state index in [4.69, 9.17) is 4.74 Å². The Morgan fingerprint density at radius 2 is 2.20 bits per heavy atom. The van der Waals surface area contributed by atoms with Crippen LogP contribution >= 0.6 is 0 Å². The van der Waals surface area contributed by atoms with Gasteiger partial charge >= 0.3 is 0 Å². The SMILES string of the molecule is CO[C@H]1C[C@@H](CNC(=O)c2nc(C)[nH]c2C)N(c2cc(C)ncn2)C1. The van der Waals surface area contributed by atoms with Gasteiger partial charge in [-0.05, 0) is 27.2 Å². The van der Waals surface area contributed by atoms with Crippen LogP contribution in [0.5, 0.6) is 0 Å². The van der Waals surface area contributed by atoms with E-state index in [1.165, 1.54) is 0 Å². The fourth-order valence-corrected chi connectivity index (χ4v) is 3.24. The number of nitrogens with zero attached hydrogens (tertiary/aromatic N) is 4. The molecule has 0 spiro atoms. The second-order valence-electron chi connectivity index (χ2n) is 6.42. The molecule has 134 valence electrons. The lowest BCUT2D eigenvalue weighted by molar-refractivity contribution is 0.0941. The molecule has 0 aromatic carbocycles. The number of rotatable bonds is 5. The van der Waals surface area contributed by atoms with E-state index < -0.39 is 0 Å². The molecule has 0 aliphatic carbocycles. The molecule has 0 unspecified atom stereocenters. The summed E-state index contributed by atoms with van der Waals surface area (Å²) in [5.74, 6) is 1.43. The lowest BCUT2D eigenvalue weighted by Crippen LogP contribution is -2.41. The molecule has 0 radical (unpaired) electrons. The third-order valence-corrected chi connectivity index (χ3v) is 4.51. The van der Waals surface area contributed by atoms with E-state index in [1.807, 2.05) is 26.8 Å². The number of methoxy groups -OCH3 is 1. The summed E-state index contributed by atoms with van der Waals surface area (Å²) < 4.78 is 5.52. The smallest absolute Gasteiger partial charge is 0.271 e. The predicted molar refractivity (Wildman–Crippen MR) is 93.7 cm³/mol. The molecule has 1 saturated heterocycles. The van der Waals surface area contributed by atoms with E-state index in [2.05, 4.69) is 30.2 Å². The predicted octanol–water partition coefficient (Wildman–Crippen LogP) is 1.15. The summed E-state index contributed by atoms with van der Waals surface area (Å²) in [6, 6.07) is 2.07. The van der Waals surface area contributed by atoms with Gasteiger partial charge < -0.3 is 19.9 Å². The van der Waals surface area contributed by atoms with Crippen LogP contribution in [0.3, 0.4) is 0 Å². The first-order valence-electron chi connectivity index (χ1n) is 8.37. The number of hydrogen-bond acceptors (Lipinski definition) is 6. The molecule has 1 aliphatic rings. The number of ether oxygens (including phenoxy) is 1. The number of imidazole rings is 1. The van der Waals surface area contributed by atoms with Gasteiger partial charge in [0.05, 0.1) is 12.1 Å². The molecular formula is C17H24N6O2. The lowest BCUT2D eigenvalue weighted by atomic mass is 10.2. The summed E-state index contributed by atoms with van der Waals surface area (Å²) in [6.07, 6.45) is 2.51. The zero-order valence-electron chi connectivity index (χ0n) is 15.0. The number of H-pyrrole nitrogens is 1. The zero-order chi connectivity index (χ0) is 18.0. The molecule has 1 aliphatic heterocycles. The monoisotopic (exact) mass is 344 g/mol. The molecule has 0 saturated carbocycles. The number of amides is 1. The number of anilines is 1. The maximum Gasteiger partial charge on any atom is 0.271 e. The Bertz CT molecular complexity index is 759. The third kappa shape index (κ3) is 3.79.